The number of nitrogens with zero attached hydrogens (tertiary/aromatic N) is 3. The van der Waals surface area contributed by atoms with Crippen molar-refractivity contribution in [3.8, 4) is 11.1 Å². The number of fused-ring (bicyclic) bond motifs is 14. The zero-order valence-electron chi connectivity index (χ0n) is 27.0. The van der Waals surface area contributed by atoms with Gasteiger partial charge < -0.3 is 5.32 Å². The predicted octanol–water partition coefficient (Wildman–Crippen LogP) is 11.4. The standard InChI is InChI=1S/C44H30N4S/c1-44(2)32-17-8-5-12-26(32)27-22-21-25(24-33(27)44)39-40-34(18-11-23-45-40)46-43(47-39)48-35-19-9-6-15-30(35)37-38-31-16-7-10-20-36(31)49-42(38)29-14-4-3-13-28(29)41(37)48/h3-24,39H,1-2H3,(H,46,47). The molecular weight excluding hydrogens is 617 g/mol. The Hall–Kier alpha value is -5.78. The molecule has 6 aromatic carbocycles. The molecule has 0 radical (unpaired) electrons. The van der Waals surface area contributed by atoms with E-state index in [0.29, 0.717) is 0 Å². The molecule has 232 valence electrons. The van der Waals surface area contributed by atoms with Crippen LogP contribution in [0.15, 0.2) is 139 Å². The number of benzene rings is 6. The Morgan fingerprint density at radius 1 is 0.673 bits per heavy atom. The van der Waals surface area contributed by atoms with Crippen molar-refractivity contribution in [2.45, 2.75) is 25.3 Å². The van der Waals surface area contributed by atoms with Crippen LogP contribution in [0.2, 0.25) is 0 Å². The predicted molar refractivity (Wildman–Crippen MR) is 206 cm³/mol. The zero-order valence-corrected chi connectivity index (χ0v) is 27.8. The molecule has 11 rings (SSSR count). The highest BCUT2D eigenvalue weighted by Gasteiger charge is 2.37. The van der Waals surface area contributed by atoms with Gasteiger partial charge in [0.1, 0.15) is 6.04 Å². The summed E-state index contributed by atoms with van der Waals surface area (Å²) in [5.74, 6) is 0.809. The van der Waals surface area contributed by atoms with Crippen LogP contribution in [0.25, 0.3) is 63.9 Å². The molecular formula is C44H30N4S. The average Bonchev–Trinajstić information content (AvgIpc) is 3.77. The van der Waals surface area contributed by atoms with Crippen LogP contribution in [0, 0.1) is 0 Å². The minimum Gasteiger partial charge on any atom is -0.324 e. The van der Waals surface area contributed by atoms with Crippen molar-refractivity contribution < 1.29 is 0 Å². The van der Waals surface area contributed by atoms with E-state index in [1.54, 1.807) is 0 Å². The fraction of sp³-hybridized carbons (Fsp3) is 0.0909. The summed E-state index contributed by atoms with van der Waals surface area (Å²) < 4.78 is 5.01. The van der Waals surface area contributed by atoms with Gasteiger partial charge in [-0.3, -0.25) is 9.55 Å². The molecule has 2 aliphatic rings. The molecule has 5 heteroatoms. The highest BCUT2D eigenvalue weighted by Crippen LogP contribution is 2.51. The second kappa shape index (κ2) is 9.65. The Morgan fingerprint density at radius 3 is 2.31 bits per heavy atom. The maximum absolute atomic E-state index is 5.60. The number of aliphatic imine (C=N–C) groups is 1. The van der Waals surface area contributed by atoms with Gasteiger partial charge in [-0.15, -0.1) is 11.3 Å². The van der Waals surface area contributed by atoms with Crippen molar-refractivity contribution in [2.24, 2.45) is 4.99 Å². The van der Waals surface area contributed by atoms with Gasteiger partial charge in [-0.25, -0.2) is 4.99 Å². The van der Waals surface area contributed by atoms with Gasteiger partial charge in [0, 0.05) is 53.3 Å². The van der Waals surface area contributed by atoms with Crippen LogP contribution in [0.1, 0.15) is 42.3 Å². The molecule has 1 N–H and O–H groups in total. The van der Waals surface area contributed by atoms with Crippen LogP contribution >= 0.6 is 11.3 Å². The Labute approximate surface area is 287 Å². The molecule has 1 atom stereocenters. The highest BCUT2D eigenvalue weighted by atomic mass is 32.1. The maximum Gasteiger partial charge on any atom is 0.208 e. The molecule has 0 saturated carbocycles. The number of hydrogen-bond acceptors (Lipinski definition) is 4. The first-order valence-corrected chi connectivity index (χ1v) is 17.7. The van der Waals surface area contributed by atoms with Crippen molar-refractivity contribution >= 4 is 75.7 Å². The number of para-hydroxylation sites is 1. The summed E-state index contributed by atoms with van der Waals surface area (Å²) in [6.45, 7) is 4.67. The third-order valence-corrected chi connectivity index (χ3v) is 12.1. The summed E-state index contributed by atoms with van der Waals surface area (Å²) >= 11 is 1.89. The van der Waals surface area contributed by atoms with E-state index in [4.69, 9.17) is 9.98 Å². The van der Waals surface area contributed by atoms with E-state index < -0.39 is 0 Å². The second-order valence-electron chi connectivity index (χ2n) is 13.8. The molecule has 49 heavy (non-hydrogen) atoms. The maximum atomic E-state index is 5.60. The van der Waals surface area contributed by atoms with Crippen LogP contribution in [0.3, 0.4) is 0 Å². The second-order valence-corrected chi connectivity index (χ2v) is 14.9. The van der Waals surface area contributed by atoms with E-state index in [-0.39, 0.29) is 11.5 Å². The van der Waals surface area contributed by atoms with Crippen molar-refractivity contribution in [1.82, 2.24) is 9.55 Å². The summed E-state index contributed by atoms with van der Waals surface area (Å²) in [4.78, 5) is 10.5. The van der Waals surface area contributed by atoms with Crippen molar-refractivity contribution in [2.75, 3.05) is 5.32 Å². The van der Waals surface area contributed by atoms with E-state index in [2.05, 4.69) is 145 Å². The topological polar surface area (TPSA) is 42.2 Å². The number of hydrogen-bond donors (Lipinski definition) is 1. The van der Waals surface area contributed by atoms with E-state index in [1.165, 1.54) is 69.5 Å². The van der Waals surface area contributed by atoms with Crippen LogP contribution < -0.4 is 5.32 Å². The molecule has 0 bridgehead atoms. The first-order chi connectivity index (χ1) is 24.1. The third kappa shape index (κ3) is 3.57. The van der Waals surface area contributed by atoms with Gasteiger partial charge in [0.25, 0.3) is 0 Å². The number of thiophene rings is 1. The van der Waals surface area contributed by atoms with E-state index >= 15 is 0 Å². The van der Waals surface area contributed by atoms with Crippen molar-refractivity contribution in [3.05, 3.63) is 156 Å². The minimum atomic E-state index is -0.273. The van der Waals surface area contributed by atoms with Crippen LogP contribution in [-0.4, -0.2) is 15.5 Å². The summed E-state index contributed by atoms with van der Waals surface area (Å²) in [6, 6.07) is 46.1. The Bertz CT molecular complexity index is 2910. The molecule has 1 aliphatic heterocycles. The Balaban J connectivity index is 1.22. The fourth-order valence-corrected chi connectivity index (χ4v) is 9.90. The highest BCUT2D eigenvalue weighted by molar-refractivity contribution is 7.27. The quantitative estimate of drug-likeness (QED) is 0.193. The molecule has 1 aliphatic carbocycles. The number of aromatic nitrogens is 2. The first-order valence-electron chi connectivity index (χ1n) is 16.9. The van der Waals surface area contributed by atoms with Gasteiger partial charge in [-0.1, -0.05) is 117 Å². The molecule has 1 unspecified atom stereocenters. The van der Waals surface area contributed by atoms with Crippen LogP contribution in [-0.2, 0) is 5.41 Å². The van der Waals surface area contributed by atoms with Crippen molar-refractivity contribution in [3.63, 3.8) is 0 Å². The molecule has 9 aromatic rings. The monoisotopic (exact) mass is 646 g/mol. The molecule has 4 nitrogen and oxygen atoms in total. The van der Waals surface area contributed by atoms with Gasteiger partial charge in [0.15, 0.2) is 0 Å². The van der Waals surface area contributed by atoms with E-state index in [1.807, 2.05) is 23.6 Å². The molecule has 0 amide bonds. The Morgan fingerprint density at radius 2 is 1.41 bits per heavy atom. The molecule has 4 heterocycles. The average molecular weight is 647 g/mol. The smallest absolute Gasteiger partial charge is 0.208 e. The van der Waals surface area contributed by atoms with E-state index in [9.17, 15) is 0 Å². The largest absolute Gasteiger partial charge is 0.324 e. The summed E-state index contributed by atoms with van der Waals surface area (Å²) in [6.07, 6.45) is 1.88. The van der Waals surface area contributed by atoms with Gasteiger partial charge in [0.2, 0.25) is 5.96 Å². The minimum absolute atomic E-state index is 0.102. The van der Waals surface area contributed by atoms with Crippen LogP contribution in [0.5, 0.6) is 0 Å². The first kappa shape index (κ1) is 27.2. The normalized spacial score (nSPS) is 16.2. The lowest BCUT2D eigenvalue weighted by Crippen LogP contribution is -2.28. The lowest BCUT2D eigenvalue weighted by molar-refractivity contribution is 0.657. The number of nitrogens with one attached hydrogen (secondary N) is 1. The van der Waals surface area contributed by atoms with Gasteiger partial charge in [-0.2, -0.15) is 0 Å². The molecule has 0 fully saturated rings. The summed E-state index contributed by atoms with van der Waals surface area (Å²) in [7, 11) is 0. The third-order valence-electron chi connectivity index (χ3n) is 10.9. The number of rotatable bonds is 1. The van der Waals surface area contributed by atoms with Gasteiger partial charge >= 0.3 is 0 Å². The zero-order chi connectivity index (χ0) is 32.4. The lowest BCUT2D eigenvalue weighted by Gasteiger charge is -2.27. The summed E-state index contributed by atoms with van der Waals surface area (Å²) in [5.41, 5.74) is 10.6. The number of pyridine rings is 1. The molecule has 0 saturated heterocycles. The molecule has 3 aromatic heterocycles. The Kier molecular flexibility index (Phi) is 5.36. The number of anilines is 1. The van der Waals surface area contributed by atoms with Crippen LogP contribution in [0.4, 0.5) is 5.69 Å². The van der Waals surface area contributed by atoms with Gasteiger partial charge in [-0.05, 0) is 52.1 Å². The lowest BCUT2D eigenvalue weighted by atomic mass is 9.81. The fourth-order valence-electron chi connectivity index (χ4n) is 8.65. The SMILES string of the molecule is CC1(C)c2ccccc2-c2ccc(C3N=C(n4c5ccccc5c5c6c7ccccc7sc6c6ccccc6c54)Nc4cccnc43)cc21. The molecule has 0 spiro atoms. The van der Waals surface area contributed by atoms with E-state index in [0.717, 1.165) is 28.4 Å². The van der Waals surface area contributed by atoms with Crippen molar-refractivity contribution in [1.29, 1.82) is 0 Å². The summed E-state index contributed by atoms with van der Waals surface area (Å²) in [5, 5.41) is 11.4. The van der Waals surface area contributed by atoms with Gasteiger partial charge in [0.05, 0.1) is 22.4 Å².